The van der Waals surface area contributed by atoms with Crippen LogP contribution in [0, 0.1) is 0 Å². The Labute approximate surface area is 122 Å². The zero-order valence-electron chi connectivity index (χ0n) is 10.9. The predicted octanol–water partition coefficient (Wildman–Crippen LogP) is 3.31. The van der Waals surface area contributed by atoms with Crippen molar-refractivity contribution in [3.05, 3.63) is 34.7 Å². The van der Waals surface area contributed by atoms with Crippen LogP contribution >= 0.6 is 24.0 Å². The van der Waals surface area contributed by atoms with E-state index in [4.69, 9.17) is 17.0 Å². The molecule has 0 atom stereocenters. The van der Waals surface area contributed by atoms with Gasteiger partial charge in [0.15, 0.2) is 0 Å². The Kier molecular flexibility index (Phi) is 4.61. The monoisotopic (exact) mass is 293 g/mol. The second-order valence-corrected chi connectivity index (χ2v) is 5.61. The van der Waals surface area contributed by atoms with Gasteiger partial charge in [0.05, 0.1) is 11.5 Å². The molecule has 1 heterocycles. The van der Waals surface area contributed by atoms with Gasteiger partial charge in [0.25, 0.3) is 5.91 Å². The molecule has 0 aromatic heterocycles. The molecule has 1 aromatic carbocycles. The second kappa shape index (κ2) is 6.21. The van der Waals surface area contributed by atoms with E-state index in [9.17, 15) is 4.79 Å². The summed E-state index contributed by atoms with van der Waals surface area (Å²) < 4.78 is 6.07. The molecule has 3 nitrogen and oxygen atoms in total. The highest BCUT2D eigenvalue weighted by Gasteiger charge is 2.30. The quantitative estimate of drug-likeness (QED) is 0.629. The third kappa shape index (κ3) is 3.16. The fraction of sp³-hybridized carbons (Fsp3) is 0.286. The highest BCUT2D eigenvalue weighted by Crippen LogP contribution is 2.32. The molecule has 1 aromatic rings. The van der Waals surface area contributed by atoms with Crippen molar-refractivity contribution in [2.75, 3.05) is 13.2 Å². The topological polar surface area (TPSA) is 29.5 Å². The number of hydrogen-bond acceptors (Lipinski definition) is 4. The summed E-state index contributed by atoms with van der Waals surface area (Å²) in [6.07, 6.45) is 1.86. The van der Waals surface area contributed by atoms with Crippen LogP contribution in [-0.4, -0.2) is 28.3 Å². The molecular weight excluding hydrogens is 278 g/mol. The summed E-state index contributed by atoms with van der Waals surface area (Å²) in [6, 6.07) is 7.68. The molecule has 100 valence electrons. The number of likely N-dealkylation sites (N-methyl/N-ethyl adjacent to an activating group) is 1. The van der Waals surface area contributed by atoms with Crippen LogP contribution in [0.15, 0.2) is 29.2 Å². The van der Waals surface area contributed by atoms with Crippen LogP contribution in [0.4, 0.5) is 0 Å². The lowest BCUT2D eigenvalue weighted by molar-refractivity contribution is -0.121. The maximum Gasteiger partial charge on any atom is 0.266 e. The molecule has 1 saturated heterocycles. The Morgan fingerprint density at radius 2 is 2.21 bits per heavy atom. The molecular formula is C14H15NO2S2. The summed E-state index contributed by atoms with van der Waals surface area (Å²) in [6.45, 7) is 5.10. The molecule has 1 amide bonds. The fourth-order valence-corrected chi connectivity index (χ4v) is 3.17. The summed E-state index contributed by atoms with van der Waals surface area (Å²) >= 11 is 6.53. The number of rotatable bonds is 4. The highest BCUT2D eigenvalue weighted by atomic mass is 32.2. The number of carbonyl (C=O) groups is 1. The van der Waals surface area contributed by atoms with Crippen molar-refractivity contribution in [1.82, 2.24) is 4.90 Å². The maximum atomic E-state index is 12.1. The molecule has 2 rings (SSSR count). The van der Waals surface area contributed by atoms with E-state index >= 15 is 0 Å². The Bertz CT molecular complexity index is 540. The van der Waals surface area contributed by atoms with Gasteiger partial charge in [0.1, 0.15) is 10.1 Å². The zero-order valence-corrected chi connectivity index (χ0v) is 12.5. The summed E-state index contributed by atoms with van der Waals surface area (Å²) in [7, 11) is 0. The number of nitrogens with zero attached hydrogens (tertiary/aromatic N) is 1. The van der Waals surface area contributed by atoms with Gasteiger partial charge in [-0.2, -0.15) is 0 Å². The number of amides is 1. The van der Waals surface area contributed by atoms with E-state index in [1.165, 1.54) is 11.8 Å². The number of thiocarbonyl (C=S) groups is 1. The zero-order chi connectivity index (χ0) is 13.8. The van der Waals surface area contributed by atoms with Gasteiger partial charge in [-0.15, -0.1) is 0 Å². The summed E-state index contributed by atoms with van der Waals surface area (Å²) in [4.78, 5) is 14.4. The van der Waals surface area contributed by atoms with E-state index in [-0.39, 0.29) is 5.91 Å². The molecule has 0 N–H and O–H groups in total. The lowest BCUT2D eigenvalue weighted by Crippen LogP contribution is -2.27. The predicted molar refractivity (Wildman–Crippen MR) is 83.2 cm³/mol. The molecule has 0 aliphatic carbocycles. The maximum absolute atomic E-state index is 12.1. The van der Waals surface area contributed by atoms with Crippen molar-refractivity contribution < 1.29 is 9.53 Å². The number of benzene rings is 1. The standard InChI is InChI=1S/C14H15NO2S2/c1-3-15-13(16)12(19-14(15)18)9-10-6-5-7-11(8-10)17-4-2/h5-9H,3-4H2,1-2H3/b12-9+. The van der Waals surface area contributed by atoms with Crippen LogP contribution in [-0.2, 0) is 4.79 Å². The Morgan fingerprint density at radius 1 is 1.42 bits per heavy atom. The van der Waals surface area contributed by atoms with Crippen molar-refractivity contribution >= 4 is 40.3 Å². The highest BCUT2D eigenvalue weighted by molar-refractivity contribution is 8.26. The first kappa shape index (κ1) is 14.1. The first-order valence-electron chi connectivity index (χ1n) is 6.14. The van der Waals surface area contributed by atoms with Gasteiger partial charge in [-0.05, 0) is 37.6 Å². The average molecular weight is 293 g/mol. The van der Waals surface area contributed by atoms with Crippen LogP contribution in [0.5, 0.6) is 5.75 Å². The Balaban J connectivity index is 2.24. The molecule has 1 aliphatic heterocycles. The van der Waals surface area contributed by atoms with Crippen LogP contribution < -0.4 is 4.74 Å². The van der Waals surface area contributed by atoms with E-state index < -0.39 is 0 Å². The molecule has 0 bridgehead atoms. The number of thioether (sulfide) groups is 1. The second-order valence-electron chi connectivity index (χ2n) is 3.93. The summed E-state index contributed by atoms with van der Waals surface area (Å²) in [5.41, 5.74) is 0.947. The lowest BCUT2D eigenvalue weighted by atomic mass is 10.2. The van der Waals surface area contributed by atoms with Crippen LogP contribution in [0.25, 0.3) is 6.08 Å². The van der Waals surface area contributed by atoms with E-state index in [0.29, 0.717) is 22.4 Å². The van der Waals surface area contributed by atoms with E-state index in [0.717, 1.165) is 11.3 Å². The van der Waals surface area contributed by atoms with Crippen molar-refractivity contribution in [3.8, 4) is 5.75 Å². The average Bonchev–Trinajstić information content (AvgIpc) is 2.65. The Hall–Kier alpha value is -1.33. The van der Waals surface area contributed by atoms with Crippen molar-refractivity contribution in [2.45, 2.75) is 13.8 Å². The number of carbonyl (C=O) groups excluding carboxylic acids is 1. The lowest BCUT2D eigenvalue weighted by Gasteiger charge is -2.09. The van der Waals surface area contributed by atoms with Gasteiger partial charge in [-0.25, -0.2) is 0 Å². The van der Waals surface area contributed by atoms with Crippen LogP contribution in [0.2, 0.25) is 0 Å². The van der Waals surface area contributed by atoms with Gasteiger partial charge in [0.2, 0.25) is 0 Å². The fourth-order valence-electron chi connectivity index (χ4n) is 1.78. The number of ether oxygens (including phenoxy) is 1. The minimum Gasteiger partial charge on any atom is -0.494 e. The molecule has 1 fully saturated rings. The largest absolute Gasteiger partial charge is 0.494 e. The number of hydrogen-bond donors (Lipinski definition) is 0. The van der Waals surface area contributed by atoms with Gasteiger partial charge < -0.3 is 4.74 Å². The molecule has 0 saturated carbocycles. The van der Waals surface area contributed by atoms with Crippen LogP contribution in [0.3, 0.4) is 0 Å². The molecule has 0 radical (unpaired) electrons. The third-order valence-corrected chi connectivity index (χ3v) is 4.03. The minimum atomic E-state index is -0.0145. The van der Waals surface area contributed by atoms with E-state index in [1.807, 2.05) is 44.2 Å². The third-order valence-electron chi connectivity index (χ3n) is 2.66. The molecule has 19 heavy (non-hydrogen) atoms. The van der Waals surface area contributed by atoms with E-state index in [1.54, 1.807) is 4.90 Å². The van der Waals surface area contributed by atoms with E-state index in [2.05, 4.69) is 0 Å². The van der Waals surface area contributed by atoms with Gasteiger partial charge in [-0.3, -0.25) is 9.69 Å². The van der Waals surface area contributed by atoms with Crippen molar-refractivity contribution in [1.29, 1.82) is 0 Å². The van der Waals surface area contributed by atoms with Gasteiger partial charge >= 0.3 is 0 Å². The Morgan fingerprint density at radius 3 is 2.84 bits per heavy atom. The molecule has 5 heteroatoms. The summed E-state index contributed by atoms with van der Waals surface area (Å²) in [5.74, 6) is 0.793. The molecule has 1 aliphatic rings. The first-order valence-corrected chi connectivity index (χ1v) is 7.36. The van der Waals surface area contributed by atoms with Gasteiger partial charge in [0, 0.05) is 6.54 Å². The van der Waals surface area contributed by atoms with Crippen molar-refractivity contribution in [3.63, 3.8) is 0 Å². The van der Waals surface area contributed by atoms with Crippen LogP contribution in [0.1, 0.15) is 19.4 Å². The first-order chi connectivity index (χ1) is 9.15. The SMILES string of the molecule is CCOc1cccc(/C=C2/SC(=S)N(CC)C2=O)c1. The summed E-state index contributed by atoms with van der Waals surface area (Å²) in [5, 5.41) is 0. The van der Waals surface area contributed by atoms with Gasteiger partial charge in [-0.1, -0.05) is 36.1 Å². The van der Waals surface area contributed by atoms with Crippen molar-refractivity contribution in [2.24, 2.45) is 0 Å². The smallest absolute Gasteiger partial charge is 0.266 e. The normalized spacial score (nSPS) is 17.4. The molecule has 0 spiro atoms. The minimum absolute atomic E-state index is 0.0145. The molecule has 0 unspecified atom stereocenters.